The summed E-state index contributed by atoms with van der Waals surface area (Å²) < 4.78 is 13.4. The normalized spacial score (nSPS) is 16.3. The first-order valence-electron chi connectivity index (χ1n) is 7.71. The number of likely N-dealkylation sites (tertiary alicyclic amines) is 1. The van der Waals surface area contributed by atoms with Gasteiger partial charge in [0.1, 0.15) is 11.6 Å². The first-order chi connectivity index (χ1) is 10.0. The number of anilines is 1. The summed E-state index contributed by atoms with van der Waals surface area (Å²) in [5.41, 5.74) is 0.333. The Labute approximate surface area is 125 Å². The second kappa shape index (κ2) is 6.87. The molecule has 1 saturated heterocycles. The van der Waals surface area contributed by atoms with E-state index in [1.807, 2.05) is 11.8 Å². The van der Waals surface area contributed by atoms with Crippen molar-refractivity contribution in [3.8, 4) is 0 Å². The molecule has 1 fully saturated rings. The van der Waals surface area contributed by atoms with E-state index in [1.54, 1.807) is 0 Å². The van der Waals surface area contributed by atoms with Gasteiger partial charge in [0.2, 0.25) is 0 Å². The number of rotatable bonds is 4. The van der Waals surface area contributed by atoms with E-state index in [0.717, 1.165) is 32.1 Å². The molecule has 2 heterocycles. The molecule has 0 spiro atoms. The molecule has 1 aliphatic heterocycles. The lowest BCUT2D eigenvalue weighted by Gasteiger charge is -2.34. The number of nitrogens with one attached hydrogen (secondary N) is 1. The third-order valence-corrected chi connectivity index (χ3v) is 4.20. The maximum atomic E-state index is 13.4. The summed E-state index contributed by atoms with van der Waals surface area (Å²) in [5.74, 6) is 1.19. The highest BCUT2D eigenvalue weighted by Gasteiger charge is 2.27. The minimum Gasteiger partial charge on any atom is -0.370 e. The van der Waals surface area contributed by atoms with Crippen molar-refractivity contribution in [2.75, 3.05) is 25.0 Å². The summed E-state index contributed by atoms with van der Waals surface area (Å²) >= 11 is 0. The average Bonchev–Trinajstić information content (AvgIpc) is 2.48. The number of nitrogens with zero attached hydrogens (tertiary/aromatic N) is 2. The lowest BCUT2D eigenvalue weighted by molar-refractivity contribution is 0.0668. The van der Waals surface area contributed by atoms with E-state index in [0.29, 0.717) is 29.8 Å². The highest BCUT2D eigenvalue weighted by Crippen LogP contribution is 2.26. The van der Waals surface area contributed by atoms with Gasteiger partial charge in [-0.05, 0) is 37.7 Å². The Hall–Kier alpha value is -1.65. The first-order valence-corrected chi connectivity index (χ1v) is 7.71. The molecule has 1 N–H and O–H groups in total. The zero-order valence-electron chi connectivity index (χ0n) is 13.0. The summed E-state index contributed by atoms with van der Waals surface area (Å²) in [6.07, 6.45) is 3.17. The summed E-state index contributed by atoms with van der Waals surface area (Å²) in [7, 11) is 0. The summed E-state index contributed by atoms with van der Waals surface area (Å²) in [6, 6.07) is 1.28. The maximum Gasteiger partial charge on any atom is 0.257 e. The number of aromatic nitrogens is 1. The summed E-state index contributed by atoms with van der Waals surface area (Å²) in [4.78, 5) is 18.4. The molecule has 0 aromatic carbocycles. The number of pyridine rings is 1. The van der Waals surface area contributed by atoms with Gasteiger partial charge in [0.05, 0.1) is 11.8 Å². The van der Waals surface area contributed by atoms with Crippen LogP contribution in [0.3, 0.4) is 0 Å². The van der Waals surface area contributed by atoms with Gasteiger partial charge in [-0.3, -0.25) is 4.79 Å². The molecule has 0 bridgehead atoms. The predicted molar refractivity (Wildman–Crippen MR) is 81.8 cm³/mol. The molecule has 0 unspecified atom stereocenters. The van der Waals surface area contributed by atoms with Crippen LogP contribution in [0.5, 0.6) is 0 Å². The van der Waals surface area contributed by atoms with Crippen LogP contribution in [0, 0.1) is 17.7 Å². The van der Waals surface area contributed by atoms with Crippen molar-refractivity contribution in [1.29, 1.82) is 0 Å². The number of hydrogen-bond acceptors (Lipinski definition) is 3. The van der Waals surface area contributed by atoms with Gasteiger partial charge in [0.25, 0.3) is 5.91 Å². The monoisotopic (exact) mass is 293 g/mol. The average molecular weight is 293 g/mol. The van der Waals surface area contributed by atoms with Crippen LogP contribution in [0.4, 0.5) is 10.2 Å². The molecule has 0 saturated carbocycles. The molecule has 1 aromatic heterocycles. The van der Waals surface area contributed by atoms with Crippen molar-refractivity contribution in [1.82, 2.24) is 9.88 Å². The van der Waals surface area contributed by atoms with Gasteiger partial charge in [-0.15, -0.1) is 0 Å². The number of halogens is 1. The first kappa shape index (κ1) is 15.7. The van der Waals surface area contributed by atoms with Crippen LogP contribution in [0.25, 0.3) is 0 Å². The molecule has 0 atom stereocenters. The fourth-order valence-electron chi connectivity index (χ4n) is 2.85. The van der Waals surface area contributed by atoms with Crippen molar-refractivity contribution in [3.63, 3.8) is 0 Å². The van der Waals surface area contributed by atoms with E-state index >= 15 is 0 Å². The van der Waals surface area contributed by atoms with E-state index in [1.165, 1.54) is 6.07 Å². The molecular formula is C16H24FN3O. The molecule has 0 aliphatic carbocycles. The van der Waals surface area contributed by atoms with Crippen LogP contribution in [-0.4, -0.2) is 35.4 Å². The standard InChI is InChI=1S/C16H24FN3O/c1-4-18-15-14(9-13(17)10-19-15)16(21)20-7-5-12(6-8-20)11(2)3/h9-12H,4-8H2,1-3H3,(H,18,19). The van der Waals surface area contributed by atoms with E-state index < -0.39 is 5.82 Å². The van der Waals surface area contributed by atoms with E-state index in [4.69, 9.17) is 0 Å². The lowest BCUT2D eigenvalue weighted by Crippen LogP contribution is -2.39. The van der Waals surface area contributed by atoms with Crippen LogP contribution in [0.2, 0.25) is 0 Å². The lowest BCUT2D eigenvalue weighted by atomic mass is 9.86. The third-order valence-electron chi connectivity index (χ3n) is 4.20. The number of carbonyl (C=O) groups is 1. The van der Waals surface area contributed by atoms with Gasteiger partial charge < -0.3 is 10.2 Å². The summed E-state index contributed by atoms with van der Waals surface area (Å²) in [5, 5.41) is 3.03. The number of hydrogen-bond donors (Lipinski definition) is 1. The molecule has 1 aromatic rings. The molecule has 116 valence electrons. The second-order valence-electron chi connectivity index (χ2n) is 5.95. The molecular weight excluding hydrogens is 269 g/mol. The SMILES string of the molecule is CCNc1ncc(F)cc1C(=O)N1CCC(C(C)C)CC1. The van der Waals surface area contributed by atoms with Crippen LogP contribution in [0.15, 0.2) is 12.3 Å². The van der Waals surface area contributed by atoms with Gasteiger partial charge in [-0.1, -0.05) is 13.8 Å². The highest BCUT2D eigenvalue weighted by molar-refractivity contribution is 5.98. The van der Waals surface area contributed by atoms with Gasteiger partial charge in [-0.2, -0.15) is 0 Å². The van der Waals surface area contributed by atoms with Crippen molar-refractivity contribution < 1.29 is 9.18 Å². The molecule has 1 aliphatic rings. The fraction of sp³-hybridized carbons (Fsp3) is 0.625. The molecule has 0 radical (unpaired) electrons. The molecule has 4 nitrogen and oxygen atoms in total. The highest BCUT2D eigenvalue weighted by atomic mass is 19.1. The van der Waals surface area contributed by atoms with Crippen LogP contribution in [0.1, 0.15) is 44.0 Å². The van der Waals surface area contributed by atoms with Crippen LogP contribution < -0.4 is 5.32 Å². The number of carbonyl (C=O) groups excluding carboxylic acids is 1. The Bertz CT molecular complexity index is 496. The Balaban J connectivity index is 2.12. The Morgan fingerprint density at radius 2 is 2.14 bits per heavy atom. The minimum atomic E-state index is -0.475. The zero-order valence-corrected chi connectivity index (χ0v) is 13.0. The van der Waals surface area contributed by atoms with Gasteiger partial charge in [0, 0.05) is 19.6 Å². The second-order valence-corrected chi connectivity index (χ2v) is 5.95. The fourth-order valence-corrected chi connectivity index (χ4v) is 2.85. The van der Waals surface area contributed by atoms with Crippen molar-refractivity contribution in [2.45, 2.75) is 33.6 Å². The van der Waals surface area contributed by atoms with Crippen molar-refractivity contribution in [3.05, 3.63) is 23.6 Å². The quantitative estimate of drug-likeness (QED) is 0.927. The largest absolute Gasteiger partial charge is 0.370 e. The Morgan fingerprint density at radius 3 is 2.71 bits per heavy atom. The van der Waals surface area contributed by atoms with E-state index in [2.05, 4.69) is 24.1 Å². The smallest absolute Gasteiger partial charge is 0.257 e. The Morgan fingerprint density at radius 1 is 1.48 bits per heavy atom. The molecule has 5 heteroatoms. The van der Waals surface area contributed by atoms with Crippen LogP contribution in [-0.2, 0) is 0 Å². The van der Waals surface area contributed by atoms with Gasteiger partial charge in [0.15, 0.2) is 0 Å². The Kier molecular flexibility index (Phi) is 5.15. The number of amides is 1. The molecule has 1 amide bonds. The van der Waals surface area contributed by atoms with Gasteiger partial charge in [-0.25, -0.2) is 9.37 Å². The maximum absolute atomic E-state index is 13.4. The molecule has 2 rings (SSSR count). The molecule has 21 heavy (non-hydrogen) atoms. The predicted octanol–water partition coefficient (Wildman–Crippen LogP) is 3.16. The minimum absolute atomic E-state index is 0.125. The van der Waals surface area contributed by atoms with E-state index in [9.17, 15) is 9.18 Å². The zero-order chi connectivity index (χ0) is 15.4. The van der Waals surface area contributed by atoms with Crippen LogP contribution >= 0.6 is 0 Å². The third kappa shape index (κ3) is 3.71. The van der Waals surface area contributed by atoms with E-state index in [-0.39, 0.29) is 5.91 Å². The summed E-state index contributed by atoms with van der Waals surface area (Å²) in [6.45, 7) is 8.50. The van der Waals surface area contributed by atoms with Crippen molar-refractivity contribution >= 4 is 11.7 Å². The topological polar surface area (TPSA) is 45.2 Å². The van der Waals surface area contributed by atoms with Crippen molar-refractivity contribution in [2.24, 2.45) is 11.8 Å². The number of piperidine rings is 1. The van der Waals surface area contributed by atoms with Gasteiger partial charge >= 0.3 is 0 Å².